The van der Waals surface area contributed by atoms with Crippen LogP contribution in [0.1, 0.15) is 90.9 Å². The summed E-state index contributed by atoms with van der Waals surface area (Å²) >= 11 is 0. The summed E-state index contributed by atoms with van der Waals surface area (Å²) in [5.41, 5.74) is 0. The smallest absolute Gasteiger partial charge is 0.0692 e. The third-order valence-corrected chi connectivity index (χ3v) is 7.92. The molecule has 2 unspecified atom stereocenters. The van der Waals surface area contributed by atoms with Crippen LogP contribution in [0.2, 0.25) is 0 Å². The number of piperazine rings is 1. The predicted octanol–water partition coefficient (Wildman–Crippen LogP) is 4.12. The van der Waals surface area contributed by atoms with Gasteiger partial charge in [-0.25, -0.2) is 0 Å². The zero-order valence-corrected chi connectivity index (χ0v) is 18.8. The summed E-state index contributed by atoms with van der Waals surface area (Å²) in [6.45, 7) is 11.7. The van der Waals surface area contributed by atoms with Crippen molar-refractivity contribution in [3.8, 4) is 0 Å². The normalized spacial score (nSPS) is 26.6. The molecule has 4 nitrogen and oxygen atoms in total. The van der Waals surface area contributed by atoms with Crippen molar-refractivity contribution < 1.29 is 5.11 Å². The second-order valence-electron chi connectivity index (χ2n) is 9.65. The van der Waals surface area contributed by atoms with E-state index in [1.807, 2.05) is 0 Å². The van der Waals surface area contributed by atoms with Crippen LogP contribution in [0.25, 0.3) is 0 Å². The Hall–Kier alpha value is -0.160. The molecule has 1 saturated heterocycles. The lowest BCUT2D eigenvalue weighted by molar-refractivity contribution is -0.000636. The lowest BCUT2D eigenvalue weighted by atomic mass is 9.91. The maximum atomic E-state index is 10.7. The lowest BCUT2D eigenvalue weighted by Gasteiger charge is -2.44. The fourth-order valence-corrected chi connectivity index (χ4v) is 6.09. The first kappa shape index (κ1) is 22.5. The molecule has 0 aromatic rings. The van der Waals surface area contributed by atoms with E-state index in [9.17, 15) is 5.11 Å². The molecule has 28 heavy (non-hydrogen) atoms. The first-order chi connectivity index (χ1) is 13.7. The Balaban J connectivity index is 1.50. The van der Waals surface area contributed by atoms with E-state index in [-0.39, 0.29) is 6.10 Å². The molecule has 0 amide bonds. The molecule has 1 aliphatic heterocycles. The van der Waals surface area contributed by atoms with Crippen molar-refractivity contribution in [3.63, 3.8) is 0 Å². The highest BCUT2D eigenvalue weighted by atomic mass is 16.3. The minimum absolute atomic E-state index is 0.171. The molecular weight excluding hydrogens is 346 g/mol. The van der Waals surface area contributed by atoms with Crippen molar-refractivity contribution in [1.82, 2.24) is 14.7 Å². The predicted molar refractivity (Wildman–Crippen MR) is 119 cm³/mol. The maximum Gasteiger partial charge on any atom is 0.0692 e. The van der Waals surface area contributed by atoms with Crippen LogP contribution in [0.5, 0.6) is 0 Å². The van der Waals surface area contributed by atoms with Gasteiger partial charge in [0.25, 0.3) is 0 Å². The Morgan fingerprint density at radius 2 is 1.43 bits per heavy atom. The van der Waals surface area contributed by atoms with Gasteiger partial charge in [-0.3, -0.25) is 14.7 Å². The monoisotopic (exact) mass is 393 g/mol. The van der Waals surface area contributed by atoms with Crippen molar-refractivity contribution in [1.29, 1.82) is 0 Å². The van der Waals surface area contributed by atoms with Gasteiger partial charge in [0, 0.05) is 57.4 Å². The molecule has 164 valence electrons. The Labute approximate surface area is 174 Å². The molecular formula is C24H47N3O. The van der Waals surface area contributed by atoms with Gasteiger partial charge in [-0.1, -0.05) is 52.4 Å². The SMILES string of the molecule is CCC(O)C(CC)N(CCN1CCN(C2CCCCC2)CC1)C1CCCCC1. The van der Waals surface area contributed by atoms with Crippen LogP contribution in [0, 0.1) is 0 Å². The first-order valence-electron chi connectivity index (χ1n) is 12.6. The third-order valence-electron chi connectivity index (χ3n) is 7.92. The van der Waals surface area contributed by atoms with Crippen LogP contribution in [-0.2, 0) is 0 Å². The highest BCUT2D eigenvalue weighted by molar-refractivity contribution is 4.87. The zero-order chi connectivity index (χ0) is 19.8. The number of aliphatic hydroxyl groups excluding tert-OH is 1. The van der Waals surface area contributed by atoms with Crippen LogP contribution in [0.15, 0.2) is 0 Å². The van der Waals surface area contributed by atoms with Crippen LogP contribution in [0.3, 0.4) is 0 Å². The Bertz CT molecular complexity index is 412. The summed E-state index contributed by atoms with van der Waals surface area (Å²) in [7, 11) is 0. The number of rotatable bonds is 9. The van der Waals surface area contributed by atoms with Crippen molar-refractivity contribution >= 4 is 0 Å². The summed E-state index contributed by atoms with van der Waals surface area (Å²) in [4.78, 5) is 8.20. The molecule has 0 aromatic carbocycles. The molecule has 1 heterocycles. The van der Waals surface area contributed by atoms with E-state index in [0.29, 0.717) is 12.1 Å². The van der Waals surface area contributed by atoms with Crippen molar-refractivity contribution in [3.05, 3.63) is 0 Å². The lowest BCUT2D eigenvalue weighted by Crippen LogP contribution is -2.55. The van der Waals surface area contributed by atoms with Crippen LogP contribution >= 0.6 is 0 Å². The van der Waals surface area contributed by atoms with E-state index < -0.39 is 0 Å². The van der Waals surface area contributed by atoms with Crippen molar-refractivity contribution in [2.45, 2.75) is 115 Å². The molecule has 0 bridgehead atoms. The standard InChI is InChI=1S/C24H47N3O/c1-3-23(24(28)4-2)27(22-13-9-6-10-14-22)20-17-25-15-18-26(19-16-25)21-11-7-5-8-12-21/h21-24,28H,3-20H2,1-2H3. The number of aliphatic hydroxyl groups is 1. The number of hydrogen-bond donors (Lipinski definition) is 1. The second-order valence-corrected chi connectivity index (χ2v) is 9.65. The molecule has 2 saturated carbocycles. The third kappa shape index (κ3) is 6.17. The molecule has 1 N–H and O–H groups in total. The largest absolute Gasteiger partial charge is 0.392 e. The van der Waals surface area contributed by atoms with E-state index in [4.69, 9.17) is 0 Å². The maximum absolute atomic E-state index is 10.7. The molecule has 0 aromatic heterocycles. The summed E-state index contributed by atoms with van der Waals surface area (Å²) in [6.07, 6.45) is 15.8. The van der Waals surface area contributed by atoms with Gasteiger partial charge in [0.2, 0.25) is 0 Å². The molecule has 2 aliphatic carbocycles. The van der Waals surface area contributed by atoms with E-state index in [2.05, 4.69) is 28.5 Å². The summed E-state index contributed by atoms with van der Waals surface area (Å²) in [5, 5.41) is 10.7. The zero-order valence-electron chi connectivity index (χ0n) is 18.8. The van der Waals surface area contributed by atoms with Crippen LogP contribution in [0.4, 0.5) is 0 Å². The Kier molecular flexibility index (Phi) is 9.56. The molecule has 3 fully saturated rings. The molecule has 0 radical (unpaired) electrons. The van der Waals surface area contributed by atoms with E-state index in [0.717, 1.165) is 25.4 Å². The molecule has 3 aliphatic rings. The first-order valence-corrected chi connectivity index (χ1v) is 12.6. The van der Waals surface area contributed by atoms with Crippen LogP contribution < -0.4 is 0 Å². The van der Waals surface area contributed by atoms with Gasteiger partial charge >= 0.3 is 0 Å². The molecule has 4 heteroatoms. The summed E-state index contributed by atoms with van der Waals surface area (Å²) in [5.74, 6) is 0. The van der Waals surface area contributed by atoms with Crippen LogP contribution in [-0.4, -0.2) is 83.3 Å². The average molecular weight is 394 g/mol. The van der Waals surface area contributed by atoms with Gasteiger partial charge in [0.1, 0.15) is 0 Å². The fraction of sp³-hybridized carbons (Fsp3) is 1.00. The second kappa shape index (κ2) is 11.9. The minimum atomic E-state index is -0.171. The average Bonchev–Trinajstić information content (AvgIpc) is 2.77. The van der Waals surface area contributed by atoms with Crippen molar-refractivity contribution in [2.24, 2.45) is 0 Å². The van der Waals surface area contributed by atoms with Gasteiger partial charge in [-0.15, -0.1) is 0 Å². The van der Waals surface area contributed by atoms with Gasteiger partial charge in [0.15, 0.2) is 0 Å². The van der Waals surface area contributed by atoms with Gasteiger partial charge in [-0.05, 0) is 38.5 Å². The fourth-order valence-electron chi connectivity index (χ4n) is 6.09. The summed E-state index contributed by atoms with van der Waals surface area (Å²) < 4.78 is 0. The Morgan fingerprint density at radius 3 is 2.00 bits per heavy atom. The van der Waals surface area contributed by atoms with Gasteiger partial charge in [0.05, 0.1) is 6.10 Å². The van der Waals surface area contributed by atoms with Crippen molar-refractivity contribution in [2.75, 3.05) is 39.3 Å². The summed E-state index contributed by atoms with van der Waals surface area (Å²) in [6, 6.07) is 1.92. The molecule has 3 rings (SSSR count). The Morgan fingerprint density at radius 1 is 0.821 bits per heavy atom. The minimum Gasteiger partial charge on any atom is -0.392 e. The van der Waals surface area contributed by atoms with E-state index in [1.54, 1.807) is 0 Å². The van der Waals surface area contributed by atoms with Gasteiger partial charge < -0.3 is 5.11 Å². The highest BCUT2D eigenvalue weighted by Crippen LogP contribution is 2.27. The molecule has 2 atom stereocenters. The quantitative estimate of drug-likeness (QED) is 0.638. The molecule has 0 spiro atoms. The number of nitrogens with zero attached hydrogens (tertiary/aromatic N) is 3. The number of hydrogen-bond acceptors (Lipinski definition) is 4. The van der Waals surface area contributed by atoms with E-state index in [1.165, 1.54) is 96.9 Å². The van der Waals surface area contributed by atoms with E-state index >= 15 is 0 Å². The topological polar surface area (TPSA) is 30.0 Å². The highest BCUT2D eigenvalue weighted by Gasteiger charge is 2.31. The van der Waals surface area contributed by atoms with Gasteiger partial charge in [-0.2, -0.15) is 0 Å².